The fourth-order valence-electron chi connectivity index (χ4n) is 2.18. The number of hydrogen-bond donors (Lipinski definition) is 1. The van der Waals surface area contributed by atoms with Crippen LogP contribution in [0.4, 0.5) is 11.4 Å². The highest BCUT2D eigenvalue weighted by molar-refractivity contribution is 7.89. The normalized spacial score (nSPS) is 20.3. The smallest absolute Gasteiger partial charge is 0.289 e. The molecule has 9 heteroatoms. The van der Waals surface area contributed by atoms with Crippen molar-refractivity contribution in [3.63, 3.8) is 0 Å². The maximum atomic E-state index is 12.6. The van der Waals surface area contributed by atoms with Crippen LogP contribution in [0.1, 0.15) is 13.3 Å². The van der Waals surface area contributed by atoms with Crippen LogP contribution in [-0.4, -0.2) is 43.4 Å². The maximum Gasteiger partial charge on any atom is 0.289 e. The van der Waals surface area contributed by atoms with E-state index in [2.05, 4.69) is 0 Å². The maximum absolute atomic E-state index is 12.6. The average molecular weight is 315 g/mol. The zero-order chi connectivity index (χ0) is 15.6. The Bertz CT molecular complexity index is 646. The van der Waals surface area contributed by atoms with Crippen molar-refractivity contribution in [2.75, 3.05) is 25.4 Å². The van der Waals surface area contributed by atoms with Gasteiger partial charge in [0.05, 0.1) is 17.6 Å². The molecule has 2 N–H and O–H groups in total. The second-order valence-electron chi connectivity index (χ2n) is 4.75. The molecular weight excluding hydrogens is 298 g/mol. The topological polar surface area (TPSA) is 116 Å². The number of ether oxygens (including phenoxy) is 1. The van der Waals surface area contributed by atoms with E-state index < -0.39 is 20.6 Å². The molecule has 21 heavy (non-hydrogen) atoms. The molecule has 2 rings (SSSR count). The van der Waals surface area contributed by atoms with Gasteiger partial charge in [0.25, 0.3) is 5.69 Å². The van der Waals surface area contributed by atoms with Gasteiger partial charge in [-0.15, -0.1) is 0 Å². The molecule has 0 aromatic heterocycles. The molecule has 116 valence electrons. The molecule has 1 heterocycles. The Labute approximate surface area is 122 Å². The van der Waals surface area contributed by atoms with Gasteiger partial charge in [-0.05, 0) is 18.6 Å². The third-order valence-electron chi connectivity index (χ3n) is 3.36. The van der Waals surface area contributed by atoms with E-state index in [0.717, 1.165) is 12.1 Å². The predicted molar refractivity (Wildman–Crippen MR) is 76.3 cm³/mol. The van der Waals surface area contributed by atoms with Crippen molar-refractivity contribution in [3.8, 4) is 0 Å². The number of morpholine rings is 1. The first-order chi connectivity index (χ1) is 9.86. The highest BCUT2D eigenvalue weighted by Crippen LogP contribution is 2.29. The van der Waals surface area contributed by atoms with Crippen LogP contribution in [-0.2, 0) is 14.8 Å². The van der Waals surface area contributed by atoms with Crippen molar-refractivity contribution in [3.05, 3.63) is 28.3 Å². The average Bonchev–Trinajstić information content (AvgIpc) is 2.46. The second kappa shape index (κ2) is 5.96. The fraction of sp³-hybridized carbons (Fsp3) is 0.500. The van der Waals surface area contributed by atoms with Gasteiger partial charge in [0, 0.05) is 24.8 Å². The van der Waals surface area contributed by atoms with Gasteiger partial charge in [0.15, 0.2) is 4.90 Å². The van der Waals surface area contributed by atoms with Crippen molar-refractivity contribution < 1.29 is 18.1 Å². The summed E-state index contributed by atoms with van der Waals surface area (Å²) in [7, 11) is -3.97. The largest absolute Gasteiger partial charge is 0.399 e. The van der Waals surface area contributed by atoms with Gasteiger partial charge < -0.3 is 10.5 Å². The molecule has 1 saturated heterocycles. The van der Waals surface area contributed by atoms with E-state index in [1.165, 1.54) is 10.4 Å². The lowest BCUT2D eigenvalue weighted by Gasteiger charge is -2.31. The van der Waals surface area contributed by atoms with E-state index in [1.54, 1.807) is 0 Å². The van der Waals surface area contributed by atoms with Crippen molar-refractivity contribution in [1.29, 1.82) is 0 Å². The minimum absolute atomic E-state index is 0.166. The van der Waals surface area contributed by atoms with Gasteiger partial charge in [-0.2, -0.15) is 4.31 Å². The van der Waals surface area contributed by atoms with E-state index >= 15 is 0 Å². The molecule has 1 fully saturated rings. The van der Waals surface area contributed by atoms with Gasteiger partial charge in [0.2, 0.25) is 10.0 Å². The molecule has 1 aliphatic rings. The van der Waals surface area contributed by atoms with Crippen LogP contribution in [0.15, 0.2) is 23.1 Å². The number of hydrogen-bond acceptors (Lipinski definition) is 6. The zero-order valence-corrected chi connectivity index (χ0v) is 12.4. The lowest BCUT2D eigenvalue weighted by atomic mass is 10.2. The number of nitrogens with zero attached hydrogens (tertiary/aromatic N) is 2. The minimum Gasteiger partial charge on any atom is -0.399 e. The van der Waals surface area contributed by atoms with E-state index in [9.17, 15) is 18.5 Å². The summed E-state index contributed by atoms with van der Waals surface area (Å²) >= 11 is 0. The molecule has 8 nitrogen and oxygen atoms in total. The molecule has 1 aromatic carbocycles. The van der Waals surface area contributed by atoms with Crippen molar-refractivity contribution >= 4 is 21.4 Å². The number of nitro groups is 1. The van der Waals surface area contributed by atoms with Gasteiger partial charge >= 0.3 is 0 Å². The molecule has 1 aliphatic heterocycles. The standard InChI is InChI=1S/C12H17N3O5S/c1-2-10-8-14(5-6-20-10)21(18,19)12-7-9(13)3-4-11(12)15(16)17/h3-4,7,10H,2,5-6,8,13H2,1H3. The van der Waals surface area contributed by atoms with Crippen LogP contribution in [0.25, 0.3) is 0 Å². The molecule has 0 spiro atoms. The summed E-state index contributed by atoms with van der Waals surface area (Å²) in [5.74, 6) is 0. The van der Waals surface area contributed by atoms with Gasteiger partial charge in [-0.1, -0.05) is 6.92 Å². The van der Waals surface area contributed by atoms with Gasteiger partial charge in [-0.3, -0.25) is 10.1 Å². The lowest BCUT2D eigenvalue weighted by Crippen LogP contribution is -2.45. The zero-order valence-electron chi connectivity index (χ0n) is 11.6. The van der Waals surface area contributed by atoms with E-state index in [4.69, 9.17) is 10.5 Å². The molecule has 0 amide bonds. The van der Waals surface area contributed by atoms with Gasteiger partial charge in [-0.25, -0.2) is 8.42 Å². The number of anilines is 1. The first-order valence-electron chi connectivity index (χ1n) is 6.52. The summed E-state index contributed by atoms with van der Waals surface area (Å²) in [6, 6.07) is 3.55. The number of nitrogen functional groups attached to an aromatic ring is 1. The Morgan fingerprint density at radius 2 is 2.24 bits per heavy atom. The number of nitrogens with two attached hydrogens (primary N) is 1. The molecule has 1 atom stereocenters. The van der Waals surface area contributed by atoms with Crippen LogP contribution in [0.3, 0.4) is 0 Å². The predicted octanol–water partition coefficient (Wildman–Crippen LogP) is 0.977. The Hall–Kier alpha value is -1.71. The second-order valence-corrected chi connectivity index (χ2v) is 6.65. The van der Waals surface area contributed by atoms with E-state index in [0.29, 0.717) is 6.42 Å². The Morgan fingerprint density at radius 1 is 1.52 bits per heavy atom. The molecule has 0 aliphatic carbocycles. The van der Waals surface area contributed by atoms with Crippen LogP contribution >= 0.6 is 0 Å². The van der Waals surface area contributed by atoms with E-state index in [-0.39, 0.29) is 36.4 Å². The first-order valence-corrected chi connectivity index (χ1v) is 7.96. The Morgan fingerprint density at radius 3 is 2.86 bits per heavy atom. The van der Waals surface area contributed by atoms with Crippen molar-refractivity contribution in [2.45, 2.75) is 24.3 Å². The van der Waals surface area contributed by atoms with Crippen molar-refractivity contribution in [2.24, 2.45) is 0 Å². The SMILES string of the molecule is CCC1CN(S(=O)(=O)c2cc(N)ccc2[N+](=O)[O-])CCO1. The number of benzene rings is 1. The monoisotopic (exact) mass is 315 g/mol. The molecule has 1 unspecified atom stereocenters. The summed E-state index contributed by atoms with van der Waals surface area (Å²) in [5, 5.41) is 11.0. The van der Waals surface area contributed by atoms with Crippen LogP contribution in [0.5, 0.6) is 0 Å². The molecule has 1 aromatic rings. The lowest BCUT2D eigenvalue weighted by molar-refractivity contribution is -0.387. The third-order valence-corrected chi connectivity index (χ3v) is 5.25. The quantitative estimate of drug-likeness (QED) is 0.503. The summed E-state index contributed by atoms with van der Waals surface area (Å²) in [6.45, 7) is 2.52. The van der Waals surface area contributed by atoms with Gasteiger partial charge in [0.1, 0.15) is 0 Å². The summed E-state index contributed by atoms with van der Waals surface area (Å²) in [5.41, 5.74) is 5.27. The number of nitro benzene ring substituents is 1. The van der Waals surface area contributed by atoms with Crippen molar-refractivity contribution in [1.82, 2.24) is 4.31 Å². The Balaban J connectivity index is 2.44. The summed E-state index contributed by atoms with van der Waals surface area (Å²) in [4.78, 5) is 9.95. The van der Waals surface area contributed by atoms with Crippen LogP contribution in [0, 0.1) is 10.1 Å². The summed E-state index contributed by atoms with van der Waals surface area (Å²) in [6.07, 6.45) is 0.471. The molecule has 0 saturated carbocycles. The highest BCUT2D eigenvalue weighted by Gasteiger charge is 2.34. The fourth-order valence-corrected chi connectivity index (χ4v) is 3.83. The number of rotatable bonds is 4. The molecular formula is C12H17N3O5S. The van der Waals surface area contributed by atoms with Crippen LogP contribution < -0.4 is 5.73 Å². The highest BCUT2D eigenvalue weighted by atomic mass is 32.2. The third kappa shape index (κ3) is 3.14. The Kier molecular flexibility index (Phi) is 4.45. The number of sulfonamides is 1. The molecule has 0 bridgehead atoms. The van der Waals surface area contributed by atoms with E-state index in [1.807, 2.05) is 6.92 Å². The molecule has 0 radical (unpaired) electrons. The van der Waals surface area contributed by atoms with Crippen LogP contribution in [0.2, 0.25) is 0 Å². The minimum atomic E-state index is -3.97. The summed E-state index contributed by atoms with van der Waals surface area (Å²) < 4.78 is 31.9. The first kappa shape index (κ1) is 15.7.